The predicted molar refractivity (Wildman–Crippen MR) is 110 cm³/mol. The van der Waals surface area contributed by atoms with Crippen molar-refractivity contribution in [2.75, 3.05) is 33.4 Å². The number of fused-ring (bicyclic) bond motifs is 1. The van der Waals surface area contributed by atoms with E-state index in [0.717, 1.165) is 48.9 Å². The lowest BCUT2D eigenvalue weighted by Crippen LogP contribution is -2.40. The maximum atomic E-state index is 12.9. The van der Waals surface area contributed by atoms with Gasteiger partial charge in [-0.05, 0) is 49.8 Å². The fourth-order valence-electron chi connectivity index (χ4n) is 4.23. The number of methoxy groups -OCH3 is 1. The van der Waals surface area contributed by atoms with Crippen LogP contribution in [0.1, 0.15) is 42.6 Å². The number of H-pyrrole nitrogens is 1. The van der Waals surface area contributed by atoms with Crippen molar-refractivity contribution in [3.63, 3.8) is 0 Å². The van der Waals surface area contributed by atoms with Gasteiger partial charge < -0.3 is 24.7 Å². The molecule has 7 nitrogen and oxygen atoms in total. The normalized spacial score (nSPS) is 20.2. The highest BCUT2D eigenvalue weighted by Gasteiger charge is 2.26. The Bertz CT molecular complexity index is 864. The summed E-state index contributed by atoms with van der Waals surface area (Å²) in [6.45, 7) is 2.78. The molecule has 4 rings (SSSR count). The maximum Gasteiger partial charge on any atom is 0.270 e. The lowest BCUT2D eigenvalue weighted by Gasteiger charge is -2.31. The zero-order chi connectivity index (χ0) is 20.2. The number of nitrogens with one attached hydrogen (secondary N) is 2. The van der Waals surface area contributed by atoms with Crippen LogP contribution in [0, 0.1) is 5.92 Å². The monoisotopic (exact) mass is 399 g/mol. The number of likely N-dealkylation sites (tertiary alicyclic amines) is 1. The molecule has 1 atom stereocenters. The first-order valence-electron chi connectivity index (χ1n) is 10.5. The highest BCUT2D eigenvalue weighted by Crippen LogP contribution is 2.25. The van der Waals surface area contributed by atoms with Gasteiger partial charge in [0.05, 0.1) is 13.2 Å². The molecular formula is C22H29N3O4. The van der Waals surface area contributed by atoms with Gasteiger partial charge in [-0.3, -0.25) is 9.59 Å². The molecule has 29 heavy (non-hydrogen) atoms. The first-order valence-corrected chi connectivity index (χ1v) is 10.5. The molecule has 0 spiro atoms. The number of aromatic amines is 1. The second kappa shape index (κ2) is 8.86. The maximum absolute atomic E-state index is 12.9. The molecule has 0 saturated carbocycles. The molecule has 2 saturated heterocycles. The summed E-state index contributed by atoms with van der Waals surface area (Å²) in [7, 11) is 1.63. The molecule has 2 aromatic rings. The van der Waals surface area contributed by atoms with Crippen LogP contribution in [0.5, 0.6) is 5.75 Å². The van der Waals surface area contributed by atoms with Gasteiger partial charge in [-0.2, -0.15) is 0 Å². The predicted octanol–water partition coefficient (Wildman–Crippen LogP) is 2.71. The quantitative estimate of drug-likeness (QED) is 0.782. The van der Waals surface area contributed by atoms with Crippen molar-refractivity contribution in [1.29, 1.82) is 0 Å². The van der Waals surface area contributed by atoms with Gasteiger partial charge in [0.15, 0.2) is 0 Å². The van der Waals surface area contributed by atoms with Crippen LogP contribution < -0.4 is 10.1 Å². The summed E-state index contributed by atoms with van der Waals surface area (Å²) in [6, 6.07) is 7.62. The van der Waals surface area contributed by atoms with E-state index >= 15 is 0 Å². The molecule has 2 aliphatic heterocycles. The van der Waals surface area contributed by atoms with Crippen LogP contribution >= 0.6 is 0 Å². The number of piperidine rings is 1. The Morgan fingerprint density at radius 1 is 1.24 bits per heavy atom. The molecule has 156 valence electrons. The minimum atomic E-state index is 0.0152. The molecule has 1 aromatic heterocycles. The van der Waals surface area contributed by atoms with E-state index in [1.807, 2.05) is 29.2 Å². The Kier molecular flexibility index (Phi) is 6.04. The Morgan fingerprint density at radius 2 is 2.07 bits per heavy atom. The summed E-state index contributed by atoms with van der Waals surface area (Å²) in [5.74, 6) is 1.20. The van der Waals surface area contributed by atoms with Crippen LogP contribution in [-0.2, 0) is 9.53 Å². The summed E-state index contributed by atoms with van der Waals surface area (Å²) in [5.41, 5.74) is 1.49. The van der Waals surface area contributed by atoms with Gasteiger partial charge in [0.2, 0.25) is 5.91 Å². The molecule has 0 bridgehead atoms. The summed E-state index contributed by atoms with van der Waals surface area (Å²) < 4.78 is 10.8. The number of carbonyl (C=O) groups excluding carboxylic acids is 2. The Hall–Kier alpha value is -2.54. The molecule has 1 aromatic carbocycles. The van der Waals surface area contributed by atoms with E-state index in [1.54, 1.807) is 7.11 Å². The minimum Gasteiger partial charge on any atom is -0.497 e. The molecule has 0 radical (unpaired) electrons. The topological polar surface area (TPSA) is 83.7 Å². The third-order valence-electron chi connectivity index (χ3n) is 5.99. The summed E-state index contributed by atoms with van der Waals surface area (Å²) in [5, 5.41) is 3.99. The number of benzene rings is 1. The van der Waals surface area contributed by atoms with Gasteiger partial charge in [-0.15, -0.1) is 0 Å². The highest BCUT2D eigenvalue weighted by molar-refractivity contribution is 5.98. The Balaban J connectivity index is 1.26. The number of carbonyl (C=O) groups is 2. The van der Waals surface area contributed by atoms with Crippen LogP contribution in [-0.4, -0.2) is 61.2 Å². The van der Waals surface area contributed by atoms with Crippen molar-refractivity contribution in [3.8, 4) is 5.75 Å². The van der Waals surface area contributed by atoms with Gasteiger partial charge in [0, 0.05) is 49.6 Å². The van der Waals surface area contributed by atoms with E-state index in [2.05, 4.69) is 10.3 Å². The molecule has 3 heterocycles. The number of hydrogen-bond acceptors (Lipinski definition) is 4. The van der Waals surface area contributed by atoms with Crippen molar-refractivity contribution >= 4 is 22.7 Å². The standard InChI is InChI=1S/C22H29N3O4/c1-28-17-5-4-16-12-20(24-19(16)13-17)22(27)25-8-6-15(7-9-25)11-21(26)23-14-18-3-2-10-29-18/h4-5,12-13,15,18,24H,2-3,6-11,14H2,1H3,(H,23,26)/t18-/m0/s1. The summed E-state index contributed by atoms with van der Waals surface area (Å²) >= 11 is 0. The van der Waals surface area contributed by atoms with E-state index in [0.29, 0.717) is 37.7 Å². The summed E-state index contributed by atoms with van der Waals surface area (Å²) in [6.07, 6.45) is 4.52. The second-order valence-electron chi connectivity index (χ2n) is 8.01. The molecule has 2 fully saturated rings. The average molecular weight is 399 g/mol. The van der Waals surface area contributed by atoms with Crippen molar-refractivity contribution in [3.05, 3.63) is 30.0 Å². The van der Waals surface area contributed by atoms with E-state index in [4.69, 9.17) is 9.47 Å². The molecule has 2 amide bonds. The van der Waals surface area contributed by atoms with Crippen molar-refractivity contribution in [2.45, 2.75) is 38.2 Å². The lowest BCUT2D eigenvalue weighted by molar-refractivity contribution is -0.122. The van der Waals surface area contributed by atoms with Gasteiger partial charge in [0.25, 0.3) is 5.91 Å². The number of ether oxygens (including phenoxy) is 2. The van der Waals surface area contributed by atoms with Gasteiger partial charge in [-0.25, -0.2) is 0 Å². The van der Waals surface area contributed by atoms with Crippen LogP contribution in [0.3, 0.4) is 0 Å². The molecule has 7 heteroatoms. The van der Waals surface area contributed by atoms with Crippen molar-refractivity contribution in [2.24, 2.45) is 5.92 Å². The Morgan fingerprint density at radius 3 is 2.79 bits per heavy atom. The van der Waals surface area contributed by atoms with Crippen LogP contribution in [0.15, 0.2) is 24.3 Å². The van der Waals surface area contributed by atoms with E-state index in [-0.39, 0.29) is 17.9 Å². The van der Waals surface area contributed by atoms with Crippen LogP contribution in [0.2, 0.25) is 0 Å². The smallest absolute Gasteiger partial charge is 0.270 e. The fraction of sp³-hybridized carbons (Fsp3) is 0.545. The lowest BCUT2D eigenvalue weighted by atomic mass is 9.93. The van der Waals surface area contributed by atoms with Crippen molar-refractivity contribution < 1.29 is 19.1 Å². The Labute approximate surface area is 170 Å². The number of rotatable bonds is 6. The van der Waals surface area contributed by atoms with Gasteiger partial charge in [-0.1, -0.05) is 0 Å². The zero-order valence-electron chi connectivity index (χ0n) is 16.9. The van der Waals surface area contributed by atoms with E-state index in [1.165, 1.54) is 0 Å². The number of amides is 2. The second-order valence-corrected chi connectivity index (χ2v) is 8.01. The van der Waals surface area contributed by atoms with Crippen LogP contribution in [0.4, 0.5) is 0 Å². The number of hydrogen-bond donors (Lipinski definition) is 2. The third-order valence-corrected chi connectivity index (χ3v) is 5.99. The zero-order valence-corrected chi connectivity index (χ0v) is 16.9. The largest absolute Gasteiger partial charge is 0.497 e. The minimum absolute atomic E-state index is 0.0152. The SMILES string of the molecule is COc1ccc2cc(C(=O)N3CCC(CC(=O)NC[C@@H]4CCCO4)CC3)[nH]c2c1. The number of aromatic nitrogens is 1. The first-order chi connectivity index (χ1) is 14.1. The van der Waals surface area contributed by atoms with Crippen molar-refractivity contribution in [1.82, 2.24) is 15.2 Å². The first kappa shape index (κ1) is 19.8. The van der Waals surface area contributed by atoms with E-state index in [9.17, 15) is 9.59 Å². The van der Waals surface area contributed by atoms with Gasteiger partial charge >= 0.3 is 0 Å². The molecular weight excluding hydrogens is 370 g/mol. The third kappa shape index (κ3) is 4.72. The summed E-state index contributed by atoms with van der Waals surface area (Å²) in [4.78, 5) is 30.2. The average Bonchev–Trinajstić information content (AvgIpc) is 3.41. The molecule has 0 unspecified atom stereocenters. The highest BCUT2D eigenvalue weighted by atomic mass is 16.5. The molecule has 2 aliphatic rings. The van der Waals surface area contributed by atoms with Gasteiger partial charge in [0.1, 0.15) is 11.4 Å². The number of nitrogens with zero attached hydrogens (tertiary/aromatic N) is 1. The molecule has 2 N–H and O–H groups in total. The van der Waals surface area contributed by atoms with E-state index < -0.39 is 0 Å². The fourth-order valence-corrected chi connectivity index (χ4v) is 4.23. The van der Waals surface area contributed by atoms with Crippen LogP contribution in [0.25, 0.3) is 10.9 Å². The molecule has 0 aliphatic carbocycles.